The zero-order chi connectivity index (χ0) is 11.5. The van der Waals surface area contributed by atoms with Gasteiger partial charge in [0.25, 0.3) is 0 Å². The Hall–Kier alpha value is -0.870. The number of halogens is 2. The van der Waals surface area contributed by atoms with Crippen LogP contribution in [0.15, 0.2) is 39.5 Å². The van der Waals surface area contributed by atoms with Gasteiger partial charge in [-0.3, -0.25) is 0 Å². The van der Waals surface area contributed by atoms with Crippen LogP contribution in [-0.2, 0) is 0 Å². The molecule has 2 rings (SSSR count). The van der Waals surface area contributed by atoms with Crippen LogP contribution in [0, 0.1) is 5.82 Å². The molecule has 16 heavy (non-hydrogen) atoms. The summed E-state index contributed by atoms with van der Waals surface area (Å²) in [6.45, 7) is 1.95. The molecule has 0 fully saturated rings. The molecule has 0 amide bonds. The van der Waals surface area contributed by atoms with Crippen LogP contribution in [0.2, 0.25) is 0 Å². The largest absolute Gasteiger partial charge is 0.378 e. The minimum atomic E-state index is -0.190. The van der Waals surface area contributed by atoms with Crippen LogP contribution in [-0.4, -0.2) is 0 Å². The van der Waals surface area contributed by atoms with Crippen LogP contribution < -0.4 is 5.32 Å². The second-order valence-electron chi connectivity index (χ2n) is 3.54. The molecule has 1 unspecified atom stereocenters. The van der Waals surface area contributed by atoms with Gasteiger partial charge in [-0.1, -0.05) is 22.0 Å². The van der Waals surface area contributed by atoms with Crippen LogP contribution in [0.3, 0.4) is 0 Å². The molecule has 0 saturated heterocycles. The van der Waals surface area contributed by atoms with E-state index in [4.69, 9.17) is 0 Å². The van der Waals surface area contributed by atoms with Gasteiger partial charge in [0, 0.05) is 21.1 Å². The molecular formula is C12H11BrFNS. The van der Waals surface area contributed by atoms with E-state index in [9.17, 15) is 4.39 Å². The van der Waals surface area contributed by atoms with E-state index in [1.54, 1.807) is 17.4 Å². The fraction of sp³-hybridized carbons (Fsp3) is 0.167. The maximum atomic E-state index is 13.7. The van der Waals surface area contributed by atoms with Gasteiger partial charge in [-0.2, -0.15) is 11.3 Å². The van der Waals surface area contributed by atoms with Crippen molar-refractivity contribution in [2.24, 2.45) is 0 Å². The molecule has 1 heterocycles. The second-order valence-corrected chi connectivity index (χ2v) is 5.24. The minimum Gasteiger partial charge on any atom is -0.378 e. The fourth-order valence-electron chi connectivity index (χ4n) is 1.53. The highest BCUT2D eigenvalue weighted by molar-refractivity contribution is 9.10. The molecule has 0 spiro atoms. The van der Waals surface area contributed by atoms with E-state index in [-0.39, 0.29) is 11.9 Å². The van der Waals surface area contributed by atoms with Crippen molar-refractivity contribution in [2.45, 2.75) is 13.0 Å². The van der Waals surface area contributed by atoms with Crippen LogP contribution in [0.4, 0.5) is 10.1 Å². The van der Waals surface area contributed by atoms with Gasteiger partial charge < -0.3 is 5.32 Å². The summed E-state index contributed by atoms with van der Waals surface area (Å²) >= 11 is 4.87. The Balaban J connectivity index is 2.17. The standard InChI is InChI=1S/C12H11BrFNS/c1-8(15-10-4-5-16-7-10)11-3-2-9(13)6-12(11)14/h2-8,15H,1H3. The minimum absolute atomic E-state index is 0.0392. The zero-order valence-electron chi connectivity index (χ0n) is 8.71. The van der Waals surface area contributed by atoms with Crippen LogP contribution in [0.25, 0.3) is 0 Å². The van der Waals surface area contributed by atoms with Crippen LogP contribution >= 0.6 is 27.3 Å². The van der Waals surface area contributed by atoms with Crippen molar-refractivity contribution in [3.63, 3.8) is 0 Å². The summed E-state index contributed by atoms with van der Waals surface area (Å²) in [6.07, 6.45) is 0. The Bertz CT molecular complexity index is 470. The lowest BCUT2D eigenvalue weighted by molar-refractivity contribution is 0.599. The number of thiophene rings is 1. The first-order valence-corrected chi connectivity index (χ1v) is 6.64. The van der Waals surface area contributed by atoms with E-state index in [1.165, 1.54) is 6.07 Å². The number of nitrogens with one attached hydrogen (secondary N) is 1. The molecule has 0 bridgehead atoms. The molecular weight excluding hydrogens is 289 g/mol. The zero-order valence-corrected chi connectivity index (χ0v) is 11.1. The predicted octanol–water partition coefficient (Wildman–Crippen LogP) is 4.82. The summed E-state index contributed by atoms with van der Waals surface area (Å²) in [5, 5.41) is 7.25. The highest BCUT2D eigenvalue weighted by Gasteiger charge is 2.10. The van der Waals surface area contributed by atoms with E-state index >= 15 is 0 Å². The van der Waals surface area contributed by atoms with Crippen LogP contribution in [0.1, 0.15) is 18.5 Å². The maximum absolute atomic E-state index is 13.7. The van der Waals surface area contributed by atoms with E-state index in [2.05, 4.69) is 21.2 Å². The topological polar surface area (TPSA) is 12.0 Å². The molecule has 1 aromatic carbocycles. The summed E-state index contributed by atoms with van der Waals surface area (Å²) in [5.74, 6) is -0.190. The van der Waals surface area contributed by atoms with Gasteiger partial charge in [0.05, 0.1) is 6.04 Å². The predicted molar refractivity (Wildman–Crippen MR) is 70.5 cm³/mol. The van der Waals surface area contributed by atoms with Crippen molar-refractivity contribution in [3.8, 4) is 0 Å². The van der Waals surface area contributed by atoms with E-state index in [0.29, 0.717) is 5.56 Å². The molecule has 2 aromatic rings. The van der Waals surface area contributed by atoms with E-state index in [0.717, 1.165) is 10.2 Å². The van der Waals surface area contributed by atoms with Crippen molar-refractivity contribution in [3.05, 3.63) is 50.9 Å². The van der Waals surface area contributed by atoms with Gasteiger partial charge in [0.2, 0.25) is 0 Å². The molecule has 1 N–H and O–H groups in total. The fourth-order valence-corrected chi connectivity index (χ4v) is 2.46. The van der Waals surface area contributed by atoms with E-state index in [1.807, 2.05) is 29.8 Å². The van der Waals surface area contributed by atoms with Gasteiger partial charge in [0.15, 0.2) is 0 Å². The van der Waals surface area contributed by atoms with Crippen molar-refractivity contribution in [2.75, 3.05) is 5.32 Å². The SMILES string of the molecule is CC(Nc1ccsc1)c1ccc(Br)cc1F. The first kappa shape index (κ1) is 11.6. The van der Waals surface area contributed by atoms with E-state index < -0.39 is 0 Å². The Morgan fingerprint density at radius 3 is 2.81 bits per heavy atom. The quantitative estimate of drug-likeness (QED) is 0.856. The maximum Gasteiger partial charge on any atom is 0.129 e. The van der Waals surface area contributed by atoms with Gasteiger partial charge in [-0.15, -0.1) is 0 Å². The highest BCUT2D eigenvalue weighted by atomic mass is 79.9. The number of hydrogen-bond acceptors (Lipinski definition) is 2. The first-order valence-electron chi connectivity index (χ1n) is 4.90. The summed E-state index contributed by atoms with van der Waals surface area (Å²) < 4.78 is 14.4. The lowest BCUT2D eigenvalue weighted by Gasteiger charge is -2.15. The van der Waals surface area contributed by atoms with Crippen LogP contribution in [0.5, 0.6) is 0 Å². The second kappa shape index (κ2) is 4.97. The summed E-state index contributed by atoms with van der Waals surface area (Å²) in [6, 6.07) is 7.08. The third-order valence-corrected chi connectivity index (χ3v) is 3.51. The third kappa shape index (κ3) is 2.62. The lowest BCUT2D eigenvalue weighted by Crippen LogP contribution is -2.07. The molecule has 0 aliphatic heterocycles. The summed E-state index contributed by atoms with van der Waals surface area (Å²) in [4.78, 5) is 0. The molecule has 0 saturated carbocycles. The summed E-state index contributed by atoms with van der Waals surface area (Å²) in [7, 11) is 0. The molecule has 1 atom stereocenters. The van der Waals surface area contributed by atoms with Crippen molar-refractivity contribution < 1.29 is 4.39 Å². The Kier molecular flexibility index (Phi) is 3.61. The third-order valence-electron chi connectivity index (χ3n) is 2.33. The van der Waals surface area contributed by atoms with Crippen molar-refractivity contribution >= 4 is 33.0 Å². The Labute approximate surface area is 106 Å². The normalized spacial score (nSPS) is 12.4. The molecule has 0 aliphatic rings. The first-order chi connectivity index (χ1) is 7.66. The molecule has 0 radical (unpaired) electrons. The Morgan fingerprint density at radius 1 is 1.38 bits per heavy atom. The average molecular weight is 300 g/mol. The number of benzene rings is 1. The van der Waals surface area contributed by atoms with Gasteiger partial charge in [-0.05, 0) is 30.5 Å². The molecule has 84 valence electrons. The summed E-state index contributed by atoms with van der Waals surface area (Å²) in [5.41, 5.74) is 1.70. The molecule has 0 aliphatic carbocycles. The smallest absolute Gasteiger partial charge is 0.129 e. The van der Waals surface area contributed by atoms with Gasteiger partial charge in [-0.25, -0.2) is 4.39 Å². The Morgan fingerprint density at radius 2 is 2.19 bits per heavy atom. The number of hydrogen-bond donors (Lipinski definition) is 1. The average Bonchev–Trinajstić information content (AvgIpc) is 2.70. The van der Waals surface area contributed by atoms with Gasteiger partial charge >= 0.3 is 0 Å². The number of rotatable bonds is 3. The monoisotopic (exact) mass is 299 g/mol. The highest BCUT2D eigenvalue weighted by Crippen LogP contribution is 2.25. The van der Waals surface area contributed by atoms with Gasteiger partial charge in [0.1, 0.15) is 5.82 Å². The molecule has 1 nitrogen and oxygen atoms in total. The molecule has 4 heteroatoms. The number of anilines is 1. The molecule has 1 aromatic heterocycles. The van der Waals surface area contributed by atoms with Crippen molar-refractivity contribution in [1.29, 1.82) is 0 Å². The lowest BCUT2D eigenvalue weighted by atomic mass is 10.1. The van der Waals surface area contributed by atoms with Crippen molar-refractivity contribution in [1.82, 2.24) is 0 Å².